The van der Waals surface area contributed by atoms with Crippen molar-refractivity contribution in [2.24, 2.45) is 11.3 Å². The Kier molecular flexibility index (Phi) is 6.65. The first-order chi connectivity index (χ1) is 9.67. The first kappa shape index (κ1) is 18.0. The highest BCUT2D eigenvalue weighted by Gasteiger charge is 2.25. The van der Waals surface area contributed by atoms with Crippen LogP contribution in [0.3, 0.4) is 0 Å². The van der Waals surface area contributed by atoms with Crippen molar-refractivity contribution in [2.45, 2.75) is 59.5 Å². The molecule has 1 heterocycles. The summed E-state index contributed by atoms with van der Waals surface area (Å²) in [4.78, 5) is 24.6. The van der Waals surface area contributed by atoms with Crippen molar-refractivity contribution >= 4 is 11.9 Å². The van der Waals surface area contributed by atoms with E-state index in [0.717, 1.165) is 19.3 Å². The Balaban J connectivity index is 2.30. The van der Waals surface area contributed by atoms with Crippen LogP contribution in [-0.4, -0.2) is 47.7 Å². The molecule has 21 heavy (non-hydrogen) atoms. The van der Waals surface area contributed by atoms with Gasteiger partial charge < -0.3 is 14.7 Å². The monoisotopic (exact) mass is 299 g/mol. The number of carboxylic acids is 1. The molecular formula is C16H29NO4. The summed E-state index contributed by atoms with van der Waals surface area (Å²) < 4.78 is 5.28. The Morgan fingerprint density at radius 2 is 1.86 bits per heavy atom. The van der Waals surface area contributed by atoms with Gasteiger partial charge in [0, 0.05) is 19.5 Å². The standard InChI is InChI=1S/C16H29NO4/c1-12(10-16(2,3)4)9-14(18)17-7-5-13(6-8-17)21-11-15(19)20/h12-13H,5-11H2,1-4H3,(H,19,20). The summed E-state index contributed by atoms with van der Waals surface area (Å²) in [6.45, 7) is 9.81. The number of ether oxygens (including phenoxy) is 1. The Bertz CT molecular complexity index is 354. The molecule has 5 heteroatoms. The molecule has 1 aliphatic heterocycles. The summed E-state index contributed by atoms with van der Waals surface area (Å²) in [5.74, 6) is -0.341. The SMILES string of the molecule is CC(CC(=O)N1CCC(OCC(=O)O)CC1)CC(C)(C)C. The van der Waals surface area contributed by atoms with Gasteiger partial charge in [-0.25, -0.2) is 4.79 Å². The molecule has 1 atom stereocenters. The topological polar surface area (TPSA) is 66.8 Å². The molecule has 122 valence electrons. The summed E-state index contributed by atoms with van der Waals surface area (Å²) in [6, 6.07) is 0. The van der Waals surface area contributed by atoms with E-state index >= 15 is 0 Å². The number of nitrogens with zero attached hydrogens (tertiary/aromatic N) is 1. The highest BCUT2D eigenvalue weighted by molar-refractivity contribution is 5.76. The molecule has 0 aliphatic carbocycles. The molecule has 1 amide bonds. The number of carbonyl (C=O) groups is 2. The number of aliphatic carboxylic acids is 1. The summed E-state index contributed by atoms with van der Waals surface area (Å²) in [5, 5.41) is 8.59. The molecule has 1 unspecified atom stereocenters. The highest BCUT2D eigenvalue weighted by Crippen LogP contribution is 2.26. The predicted octanol–water partition coefficient (Wildman–Crippen LogP) is 2.54. The van der Waals surface area contributed by atoms with E-state index in [1.165, 1.54) is 0 Å². The Morgan fingerprint density at radius 1 is 1.29 bits per heavy atom. The first-order valence-electron chi connectivity index (χ1n) is 7.78. The molecule has 1 aliphatic rings. The first-order valence-corrected chi connectivity index (χ1v) is 7.78. The van der Waals surface area contributed by atoms with E-state index in [9.17, 15) is 9.59 Å². The maximum atomic E-state index is 12.3. The Morgan fingerprint density at radius 3 is 2.33 bits per heavy atom. The van der Waals surface area contributed by atoms with Gasteiger partial charge >= 0.3 is 5.97 Å². The second-order valence-electron chi connectivity index (χ2n) is 7.36. The van der Waals surface area contributed by atoms with Crippen molar-refractivity contribution in [1.29, 1.82) is 0 Å². The van der Waals surface area contributed by atoms with E-state index in [-0.39, 0.29) is 24.0 Å². The number of amides is 1. The fourth-order valence-corrected chi connectivity index (χ4v) is 3.01. The van der Waals surface area contributed by atoms with Crippen LogP contribution in [0.15, 0.2) is 0 Å². The fourth-order valence-electron chi connectivity index (χ4n) is 3.01. The lowest BCUT2D eigenvalue weighted by Gasteiger charge is -2.33. The highest BCUT2D eigenvalue weighted by atomic mass is 16.5. The van der Waals surface area contributed by atoms with Gasteiger partial charge in [0.05, 0.1) is 6.10 Å². The van der Waals surface area contributed by atoms with E-state index in [4.69, 9.17) is 9.84 Å². The number of piperidine rings is 1. The molecule has 0 radical (unpaired) electrons. The van der Waals surface area contributed by atoms with Crippen molar-refractivity contribution in [3.05, 3.63) is 0 Å². The van der Waals surface area contributed by atoms with Crippen molar-refractivity contribution < 1.29 is 19.4 Å². The Labute approximate surface area is 127 Å². The second kappa shape index (κ2) is 7.78. The van der Waals surface area contributed by atoms with Crippen LogP contribution in [0.2, 0.25) is 0 Å². The molecule has 0 aromatic rings. The molecule has 0 aromatic carbocycles. The molecule has 0 saturated carbocycles. The second-order valence-corrected chi connectivity index (χ2v) is 7.36. The largest absolute Gasteiger partial charge is 0.480 e. The van der Waals surface area contributed by atoms with Gasteiger partial charge in [0.1, 0.15) is 6.61 Å². The number of hydrogen-bond donors (Lipinski definition) is 1. The molecule has 1 rings (SSSR count). The molecule has 1 saturated heterocycles. The maximum absolute atomic E-state index is 12.3. The lowest BCUT2D eigenvalue weighted by Crippen LogP contribution is -2.41. The molecule has 0 spiro atoms. The van der Waals surface area contributed by atoms with Crippen LogP contribution in [-0.2, 0) is 14.3 Å². The van der Waals surface area contributed by atoms with Crippen LogP contribution in [0, 0.1) is 11.3 Å². The van der Waals surface area contributed by atoms with Crippen molar-refractivity contribution in [2.75, 3.05) is 19.7 Å². The van der Waals surface area contributed by atoms with Gasteiger partial charge in [-0.3, -0.25) is 4.79 Å². The van der Waals surface area contributed by atoms with Crippen molar-refractivity contribution in [3.63, 3.8) is 0 Å². The summed E-state index contributed by atoms with van der Waals surface area (Å²) in [7, 11) is 0. The predicted molar refractivity (Wildman–Crippen MR) is 81.0 cm³/mol. The third kappa shape index (κ3) is 7.46. The lowest BCUT2D eigenvalue weighted by molar-refractivity contribution is -0.147. The minimum absolute atomic E-state index is 0.0304. The summed E-state index contributed by atoms with van der Waals surface area (Å²) in [5.41, 5.74) is 0.247. The quantitative estimate of drug-likeness (QED) is 0.818. The zero-order chi connectivity index (χ0) is 16.0. The van der Waals surface area contributed by atoms with Crippen LogP contribution in [0.4, 0.5) is 0 Å². The smallest absolute Gasteiger partial charge is 0.329 e. The van der Waals surface area contributed by atoms with Gasteiger partial charge in [-0.05, 0) is 30.6 Å². The average molecular weight is 299 g/mol. The van der Waals surface area contributed by atoms with E-state index < -0.39 is 5.97 Å². The molecule has 0 bridgehead atoms. The third-order valence-electron chi connectivity index (χ3n) is 3.72. The number of rotatable bonds is 6. The van der Waals surface area contributed by atoms with E-state index in [2.05, 4.69) is 27.7 Å². The third-order valence-corrected chi connectivity index (χ3v) is 3.72. The summed E-state index contributed by atoms with van der Waals surface area (Å²) in [6.07, 6.45) is 3.06. The van der Waals surface area contributed by atoms with Gasteiger partial charge in [0.2, 0.25) is 5.91 Å². The van der Waals surface area contributed by atoms with E-state index in [1.54, 1.807) is 0 Å². The van der Waals surface area contributed by atoms with Crippen LogP contribution >= 0.6 is 0 Å². The molecule has 1 fully saturated rings. The van der Waals surface area contributed by atoms with Crippen LogP contribution in [0.5, 0.6) is 0 Å². The van der Waals surface area contributed by atoms with Gasteiger partial charge in [-0.2, -0.15) is 0 Å². The number of carbonyl (C=O) groups excluding carboxylic acids is 1. The van der Waals surface area contributed by atoms with Crippen LogP contribution in [0.1, 0.15) is 53.4 Å². The van der Waals surface area contributed by atoms with Gasteiger partial charge in [-0.15, -0.1) is 0 Å². The maximum Gasteiger partial charge on any atom is 0.329 e. The van der Waals surface area contributed by atoms with E-state index in [1.807, 2.05) is 4.90 Å². The summed E-state index contributed by atoms with van der Waals surface area (Å²) >= 11 is 0. The normalized spacial score (nSPS) is 18.6. The van der Waals surface area contributed by atoms with Gasteiger partial charge in [-0.1, -0.05) is 27.7 Å². The Hall–Kier alpha value is -1.10. The molecule has 1 N–H and O–H groups in total. The van der Waals surface area contributed by atoms with Crippen molar-refractivity contribution in [1.82, 2.24) is 4.90 Å². The minimum Gasteiger partial charge on any atom is -0.480 e. The van der Waals surface area contributed by atoms with Gasteiger partial charge in [0.25, 0.3) is 0 Å². The number of likely N-dealkylation sites (tertiary alicyclic amines) is 1. The minimum atomic E-state index is -0.940. The zero-order valence-corrected chi connectivity index (χ0v) is 13.7. The molecular weight excluding hydrogens is 270 g/mol. The number of hydrogen-bond acceptors (Lipinski definition) is 3. The molecule has 5 nitrogen and oxygen atoms in total. The van der Waals surface area contributed by atoms with Crippen LogP contribution in [0.25, 0.3) is 0 Å². The fraction of sp³-hybridized carbons (Fsp3) is 0.875. The molecule has 0 aromatic heterocycles. The number of carboxylic acid groups (broad SMARTS) is 1. The lowest BCUT2D eigenvalue weighted by atomic mass is 9.84. The van der Waals surface area contributed by atoms with E-state index in [0.29, 0.717) is 25.4 Å². The zero-order valence-electron chi connectivity index (χ0n) is 13.7. The average Bonchev–Trinajstić information content (AvgIpc) is 2.34. The van der Waals surface area contributed by atoms with Crippen molar-refractivity contribution in [3.8, 4) is 0 Å². The van der Waals surface area contributed by atoms with Gasteiger partial charge in [0.15, 0.2) is 0 Å². The van der Waals surface area contributed by atoms with Crippen LogP contribution < -0.4 is 0 Å².